The molecular weight excluding hydrogens is 450 g/mol. The van der Waals surface area contributed by atoms with Gasteiger partial charge in [0.25, 0.3) is 15.9 Å². The highest BCUT2D eigenvalue weighted by atomic mass is 32.2. The Kier molecular flexibility index (Phi) is 4.98. The molecule has 2 aliphatic rings. The fourth-order valence-corrected chi connectivity index (χ4v) is 5.37. The predicted octanol–water partition coefficient (Wildman–Crippen LogP) is 2.52. The van der Waals surface area contributed by atoms with Crippen LogP contribution >= 0.6 is 11.5 Å². The van der Waals surface area contributed by atoms with Crippen molar-refractivity contribution in [3.05, 3.63) is 82.6 Å². The summed E-state index contributed by atoms with van der Waals surface area (Å²) in [7, 11) is -4.03. The second-order valence-electron chi connectivity index (χ2n) is 7.33. The van der Waals surface area contributed by atoms with Gasteiger partial charge in [0.15, 0.2) is 5.84 Å². The van der Waals surface area contributed by atoms with Gasteiger partial charge in [-0.05, 0) is 29.2 Å². The molecule has 2 aromatic carbocycles. The molecule has 32 heavy (non-hydrogen) atoms. The summed E-state index contributed by atoms with van der Waals surface area (Å²) in [6.07, 6.45) is 0.343. The van der Waals surface area contributed by atoms with E-state index in [9.17, 15) is 18.3 Å². The largest absolute Gasteiger partial charge is 0.509 e. The molecular formula is C21H17N5O4S2. The van der Waals surface area contributed by atoms with Crippen LogP contribution in [0.5, 0.6) is 0 Å². The Morgan fingerprint density at radius 1 is 1.09 bits per heavy atom. The van der Waals surface area contributed by atoms with Crippen LogP contribution in [0.1, 0.15) is 11.3 Å². The fraction of sp³-hybridized carbons (Fsp3) is 0.143. The van der Waals surface area contributed by atoms with E-state index in [-0.39, 0.29) is 28.6 Å². The number of aliphatic hydroxyl groups is 1. The number of amides is 1. The van der Waals surface area contributed by atoms with E-state index in [1.54, 1.807) is 23.6 Å². The van der Waals surface area contributed by atoms with Crippen LogP contribution in [-0.2, 0) is 27.8 Å². The molecule has 2 aliphatic heterocycles. The molecule has 0 bridgehead atoms. The number of sulfonamides is 1. The molecule has 3 heterocycles. The number of para-hydroxylation sites is 1. The van der Waals surface area contributed by atoms with E-state index >= 15 is 0 Å². The molecule has 3 aromatic rings. The molecule has 5 rings (SSSR count). The SMILES string of the molecule is O=C1C(C2=NS(=O)(=O)c3ccccc3N2)=C(O)[C@H](Cc2ccccc2)N1Cc1csnn1. The van der Waals surface area contributed by atoms with Crippen LogP contribution in [0.3, 0.4) is 0 Å². The van der Waals surface area contributed by atoms with Crippen molar-refractivity contribution in [2.75, 3.05) is 5.32 Å². The number of amidine groups is 1. The molecule has 0 aliphatic carbocycles. The van der Waals surface area contributed by atoms with Crippen LogP contribution in [0.15, 0.2) is 80.6 Å². The van der Waals surface area contributed by atoms with Gasteiger partial charge in [-0.1, -0.05) is 47.0 Å². The first kappa shape index (κ1) is 20.3. The zero-order valence-corrected chi connectivity index (χ0v) is 18.2. The lowest BCUT2D eigenvalue weighted by molar-refractivity contribution is -0.127. The van der Waals surface area contributed by atoms with E-state index in [1.165, 1.54) is 11.0 Å². The van der Waals surface area contributed by atoms with Crippen LogP contribution in [0.25, 0.3) is 0 Å². The van der Waals surface area contributed by atoms with Crippen LogP contribution in [0, 0.1) is 0 Å². The van der Waals surface area contributed by atoms with Gasteiger partial charge in [-0.15, -0.1) is 9.50 Å². The minimum absolute atomic E-state index is 0.0144. The molecule has 1 aromatic heterocycles. The van der Waals surface area contributed by atoms with Crippen LogP contribution in [-0.4, -0.2) is 45.8 Å². The van der Waals surface area contributed by atoms with Gasteiger partial charge in [0, 0.05) is 11.8 Å². The average molecular weight is 468 g/mol. The molecule has 9 nitrogen and oxygen atoms in total. The third kappa shape index (κ3) is 3.55. The fourth-order valence-electron chi connectivity index (χ4n) is 3.81. The molecule has 0 spiro atoms. The zero-order valence-electron chi connectivity index (χ0n) is 16.5. The van der Waals surface area contributed by atoms with E-state index < -0.39 is 22.0 Å². The number of nitrogens with one attached hydrogen (secondary N) is 1. The van der Waals surface area contributed by atoms with Gasteiger partial charge in [-0.3, -0.25) is 4.79 Å². The first-order chi connectivity index (χ1) is 15.4. The Bertz CT molecular complexity index is 1350. The van der Waals surface area contributed by atoms with Crippen molar-refractivity contribution in [1.29, 1.82) is 0 Å². The van der Waals surface area contributed by atoms with Crippen molar-refractivity contribution >= 4 is 39.0 Å². The Balaban J connectivity index is 1.56. The highest BCUT2D eigenvalue weighted by Gasteiger charge is 2.43. The summed E-state index contributed by atoms with van der Waals surface area (Å²) in [5, 5.41) is 19.7. The number of nitrogens with zero attached hydrogens (tertiary/aromatic N) is 4. The molecule has 162 valence electrons. The van der Waals surface area contributed by atoms with Crippen molar-refractivity contribution in [2.45, 2.75) is 23.9 Å². The summed E-state index contributed by atoms with van der Waals surface area (Å²) in [5.41, 5.74) is 1.63. The van der Waals surface area contributed by atoms with Crippen molar-refractivity contribution < 1.29 is 18.3 Å². The molecule has 0 unspecified atom stereocenters. The number of hydrogen-bond acceptors (Lipinski definition) is 8. The topological polar surface area (TPSA) is 125 Å². The van der Waals surface area contributed by atoms with Crippen LogP contribution in [0.2, 0.25) is 0 Å². The smallest absolute Gasteiger partial charge is 0.286 e. The molecule has 11 heteroatoms. The lowest BCUT2D eigenvalue weighted by Gasteiger charge is -2.24. The minimum atomic E-state index is -4.03. The lowest BCUT2D eigenvalue weighted by Crippen LogP contribution is -2.37. The molecule has 0 radical (unpaired) electrons. The summed E-state index contributed by atoms with van der Waals surface area (Å²) in [6, 6.07) is 15.0. The Hall–Kier alpha value is -3.57. The molecule has 1 amide bonds. The normalized spacial score (nSPS) is 19.5. The average Bonchev–Trinajstić information content (AvgIpc) is 3.37. The van der Waals surface area contributed by atoms with Crippen molar-refractivity contribution in [3.63, 3.8) is 0 Å². The van der Waals surface area contributed by atoms with Gasteiger partial charge in [-0.25, -0.2) is 0 Å². The molecule has 1 atom stereocenters. The van der Waals surface area contributed by atoms with E-state index in [0.717, 1.165) is 17.1 Å². The van der Waals surface area contributed by atoms with Gasteiger partial charge < -0.3 is 15.3 Å². The van der Waals surface area contributed by atoms with Crippen molar-refractivity contribution in [1.82, 2.24) is 14.5 Å². The number of aromatic nitrogens is 2. The molecule has 2 N–H and O–H groups in total. The second kappa shape index (κ2) is 7.84. The Labute approximate surface area is 188 Å². The maximum absolute atomic E-state index is 13.4. The van der Waals surface area contributed by atoms with E-state index in [0.29, 0.717) is 17.8 Å². The minimum Gasteiger partial charge on any atom is -0.509 e. The standard InChI is InChI=1S/C21H17N5O4S2/c27-19-16(10-13-6-2-1-3-7-13)26(11-14-12-31-25-23-14)21(28)18(19)20-22-15-8-4-5-9-17(15)32(29,30)24-20/h1-9,12,16,27H,10-11H2,(H,22,24)/t16-/m0/s1. The quantitative estimate of drug-likeness (QED) is 0.591. The van der Waals surface area contributed by atoms with Crippen LogP contribution in [0.4, 0.5) is 5.69 Å². The first-order valence-corrected chi connectivity index (χ1v) is 12.0. The first-order valence-electron chi connectivity index (χ1n) is 9.69. The van der Waals surface area contributed by atoms with E-state index in [2.05, 4.69) is 19.3 Å². The summed E-state index contributed by atoms with van der Waals surface area (Å²) in [6.45, 7) is 0.122. The van der Waals surface area contributed by atoms with Crippen LogP contribution < -0.4 is 5.32 Å². The number of rotatable bonds is 5. The van der Waals surface area contributed by atoms with Gasteiger partial charge >= 0.3 is 0 Å². The highest BCUT2D eigenvalue weighted by Crippen LogP contribution is 2.34. The summed E-state index contributed by atoms with van der Waals surface area (Å²) >= 11 is 1.16. The maximum atomic E-state index is 13.4. The number of carbonyl (C=O) groups is 1. The third-order valence-corrected chi connectivity index (χ3v) is 7.19. The molecule has 0 fully saturated rings. The zero-order chi connectivity index (χ0) is 22.3. The number of hydrogen-bond donors (Lipinski definition) is 2. The van der Waals surface area contributed by atoms with Gasteiger partial charge in [0.05, 0.1) is 24.0 Å². The van der Waals surface area contributed by atoms with E-state index in [1.807, 2.05) is 30.3 Å². The Morgan fingerprint density at radius 2 is 1.84 bits per heavy atom. The van der Waals surface area contributed by atoms with Crippen molar-refractivity contribution in [2.24, 2.45) is 4.40 Å². The number of aliphatic hydroxyl groups excluding tert-OH is 1. The van der Waals surface area contributed by atoms with Gasteiger partial charge in [0.2, 0.25) is 0 Å². The Morgan fingerprint density at radius 3 is 2.59 bits per heavy atom. The number of fused-ring (bicyclic) bond motifs is 1. The lowest BCUT2D eigenvalue weighted by atomic mass is 10.0. The summed E-state index contributed by atoms with van der Waals surface area (Å²) in [4.78, 5) is 14.9. The molecule has 0 saturated heterocycles. The predicted molar refractivity (Wildman–Crippen MR) is 119 cm³/mol. The number of benzene rings is 2. The maximum Gasteiger partial charge on any atom is 0.286 e. The number of carbonyl (C=O) groups excluding carboxylic acids is 1. The summed E-state index contributed by atoms with van der Waals surface area (Å²) < 4.78 is 33.0. The third-order valence-electron chi connectivity index (χ3n) is 5.30. The van der Waals surface area contributed by atoms with E-state index in [4.69, 9.17) is 0 Å². The monoisotopic (exact) mass is 467 g/mol. The molecule has 0 saturated carbocycles. The summed E-state index contributed by atoms with van der Waals surface area (Å²) in [5.74, 6) is -0.955. The van der Waals surface area contributed by atoms with Crippen molar-refractivity contribution in [3.8, 4) is 0 Å². The number of anilines is 1. The highest BCUT2D eigenvalue weighted by molar-refractivity contribution is 7.90. The van der Waals surface area contributed by atoms with Gasteiger partial charge in [-0.2, -0.15) is 8.42 Å². The second-order valence-corrected chi connectivity index (χ2v) is 9.51. The van der Waals surface area contributed by atoms with Gasteiger partial charge in [0.1, 0.15) is 16.2 Å².